The molecular weight excluding hydrogens is 190 g/mol. The van der Waals surface area contributed by atoms with E-state index >= 15 is 0 Å². The lowest BCUT2D eigenvalue weighted by atomic mass is 10.2. The number of nitrogens with one attached hydrogen (secondary N) is 1. The van der Waals surface area contributed by atoms with Crippen LogP contribution in [-0.2, 0) is 4.79 Å². The molecule has 86 valence electrons. The molecular formula is C11H21N3O. The molecule has 0 aromatic rings. The standard InChI is InChI=1S/C11H21N3O/c1-8(2)13-4-6-14(7-5-13)11(15)10-9(3)12-10/h8-10,12H,4-7H2,1-3H3/t9-,10+/m0/s1. The van der Waals surface area contributed by atoms with Crippen molar-refractivity contribution < 1.29 is 4.79 Å². The molecule has 2 fully saturated rings. The van der Waals surface area contributed by atoms with Gasteiger partial charge in [0.05, 0.1) is 0 Å². The van der Waals surface area contributed by atoms with Gasteiger partial charge in [-0.3, -0.25) is 15.0 Å². The lowest BCUT2D eigenvalue weighted by Crippen LogP contribution is -2.52. The van der Waals surface area contributed by atoms with Crippen LogP contribution in [0.2, 0.25) is 0 Å². The smallest absolute Gasteiger partial charge is 0.241 e. The number of amides is 1. The molecule has 0 aliphatic carbocycles. The number of piperazine rings is 1. The van der Waals surface area contributed by atoms with Crippen molar-refractivity contribution in [1.82, 2.24) is 15.1 Å². The molecule has 2 heterocycles. The summed E-state index contributed by atoms with van der Waals surface area (Å²) >= 11 is 0. The minimum Gasteiger partial charge on any atom is -0.339 e. The van der Waals surface area contributed by atoms with Crippen LogP contribution in [0.1, 0.15) is 20.8 Å². The summed E-state index contributed by atoms with van der Waals surface area (Å²) in [6.45, 7) is 10.3. The van der Waals surface area contributed by atoms with Crippen LogP contribution in [0.5, 0.6) is 0 Å². The van der Waals surface area contributed by atoms with Gasteiger partial charge in [0.1, 0.15) is 6.04 Å². The quantitative estimate of drug-likeness (QED) is 0.649. The van der Waals surface area contributed by atoms with Crippen LogP contribution in [0.4, 0.5) is 0 Å². The first-order valence-electron chi connectivity index (χ1n) is 5.88. The summed E-state index contributed by atoms with van der Waals surface area (Å²) in [5.74, 6) is 0.297. The van der Waals surface area contributed by atoms with Crippen molar-refractivity contribution in [1.29, 1.82) is 0 Å². The lowest BCUT2D eigenvalue weighted by Gasteiger charge is -2.36. The Bertz CT molecular complexity index is 246. The molecule has 0 radical (unpaired) electrons. The maximum atomic E-state index is 11.9. The van der Waals surface area contributed by atoms with Gasteiger partial charge in [0.15, 0.2) is 0 Å². The van der Waals surface area contributed by atoms with Crippen molar-refractivity contribution in [3.8, 4) is 0 Å². The van der Waals surface area contributed by atoms with Crippen LogP contribution in [0.15, 0.2) is 0 Å². The molecule has 15 heavy (non-hydrogen) atoms. The van der Waals surface area contributed by atoms with Crippen LogP contribution >= 0.6 is 0 Å². The van der Waals surface area contributed by atoms with Gasteiger partial charge in [0.2, 0.25) is 5.91 Å². The summed E-state index contributed by atoms with van der Waals surface area (Å²) in [6, 6.07) is 1.09. The molecule has 2 atom stereocenters. The summed E-state index contributed by atoms with van der Waals surface area (Å²) < 4.78 is 0. The van der Waals surface area contributed by atoms with Gasteiger partial charge in [0.25, 0.3) is 0 Å². The number of carbonyl (C=O) groups excluding carboxylic acids is 1. The third-order valence-corrected chi connectivity index (χ3v) is 3.46. The second-order valence-corrected chi connectivity index (χ2v) is 4.89. The van der Waals surface area contributed by atoms with Crippen molar-refractivity contribution in [3.63, 3.8) is 0 Å². The van der Waals surface area contributed by atoms with E-state index in [2.05, 4.69) is 31.0 Å². The second kappa shape index (κ2) is 4.10. The Morgan fingerprint density at radius 1 is 1.27 bits per heavy atom. The Hall–Kier alpha value is -0.610. The Morgan fingerprint density at radius 2 is 1.80 bits per heavy atom. The van der Waals surface area contributed by atoms with Gasteiger partial charge in [-0.15, -0.1) is 0 Å². The molecule has 0 aromatic heterocycles. The van der Waals surface area contributed by atoms with E-state index in [-0.39, 0.29) is 6.04 Å². The maximum Gasteiger partial charge on any atom is 0.241 e. The molecule has 2 rings (SSSR count). The predicted octanol–water partition coefficient (Wildman–Crippen LogP) is -0.101. The number of rotatable bonds is 2. The Kier molecular flexibility index (Phi) is 2.98. The van der Waals surface area contributed by atoms with Crippen LogP contribution in [0.3, 0.4) is 0 Å². The Labute approximate surface area is 91.6 Å². The van der Waals surface area contributed by atoms with Gasteiger partial charge in [-0.2, -0.15) is 0 Å². The lowest BCUT2D eigenvalue weighted by molar-refractivity contribution is -0.132. The predicted molar refractivity (Wildman–Crippen MR) is 59.7 cm³/mol. The van der Waals surface area contributed by atoms with Gasteiger partial charge < -0.3 is 4.90 Å². The first kappa shape index (κ1) is 10.9. The van der Waals surface area contributed by atoms with Crippen LogP contribution < -0.4 is 5.32 Å². The summed E-state index contributed by atoms with van der Waals surface area (Å²) in [6.07, 6.45) is 0. The van der Waals surface area contributed by atoms with Crippen molar-refractivity contribution in [2.45, 2.75) is 38.9 Å². The summed E-state index contributed by atoms with van der Waals surface area (Å²) in [4.78, 5) is 16.3. The zero-order chi connectivity index (χ0) is 11.0. The first-order valence-corrected chi connectivity index (χ1v) is 5.88. The van der Waals surface area contributed by atoms with Gasteiger partial charge in [-0.05, 0) is 20.8 Å². The van der Waals surface area contributed by atoms with Crippen LogP contribution in [0, 0.1) is 0 Å². The highest BCUT2D eigenvalue weighted by Gasteiger charge is 2.41. The fourth-order valence-electron chi connectivity index (χ4n) is 2.17. The molecule has 4 nitrogen and oxygen atoms in total. The van der Waals surface area contributed by atoms with Gasteiger partial charge in [-0.25, -0.2) is 0 Å². The molecule has 0 spiro atoms. The topological polar surface area (TPSA) is 45.5 Å². The van der Waals surface area contributed by atoms with Crippen molar-refractivity contribution in [3.05, 3.63) is 0 Å². The number of carbonyl (C=O) groups is 1. The highest BCUT2D eigenvalue weighted by Crippen LogP contribution is 2.15. The molecule has 0 aromatic carbocycles. The minimum atomic E-state index is 0.107. The van der Waals surface area contributed by atoms with Gasteiger partial charge >= 0.3 is 0 Å². The van der Waals surface area contributed by atoms with E-state index in [4.69, 9.17) is 0 Å². The summed E-state index contributed by atoms with van der Waals surface area (Å²) in [7, 11) is 0. The van der Waals surface area contributed by atoms with E-state index in [9.17, 15) is 4.79 Å². The average molecular weight is 211 g/mol. The van der Waals surface area contributed by atoms with Crippen LogP contribution in [0.25, 0.3) is 0 Å². The molecule has 2 saturated heterocycles. The largest absolute Gasteiger partial charge is 0.339 e. The van der Waals surface area contributed by atoms with E-state index < -0.39 is 0 Å². The van der Waals surface area contributed by atoms with E-state index in [1.165, 1.54) is 0 Å². The monoisotopic (exact) mass is 211 g/mol. The van der Waals surface area contributed by atoms with Crippen LogP contribution in [-0.4, -0.2) is 60.0 Å². The molecule has 2 aliphatic heterocycles. The SMILES string of the molecule is CC(C)N1CCN(C(=O)[C@@H]2N[C@H]2C)CC1. The average Bonchev–Trinajstić information content (AvgIpc) is 2.94. The first-order chi connectivity index (χ1) is 7.09. The number of hydrogen-bond acceptors (Lipinski definition) is 3. The Morgan fingerprint density at radius 3 is 2.20 bits per heavy atom. The van der Waals surface area contributed by atoms with Crippen molar-refractivity contribution >= 4 is 5.91 Å². The minimum absolute atomic E-state index is 0.107. The summed E-state index contributed by atoms with van der Waals surface area (Å²) in [5, 5.41) is 3.16. The second-order valence-electron chi connectivity index (χ2n) is 4.89. The summed E-state index contributed by atoms with van der Waals surface area (Å²) in [5.41, 5.74) is 0. The van der Waals surface area contributed by atoms with Crippen molar-refractivity contribution in [2.24, 2.45) is 0 Å². The van der Waals surface area contributed by atoms with Gasteiger partial charge in [-0.1, -0.05) is 0 Å². The Balaban J connectivity index is 1.80. The van der Waals surface area contributed by atoms with E-state index in [0.717, 1.165) is 26.2 Å². The molecule has 1 N–H and O–H groups in total. The zero-order valence-electron chi connectivity index (χ0n) is 9.86. The molecule has 1 amide bonds. The van der Waals surface area contributed by atoms with E-state index in [1.807, 2.05) is 4.90 Å². The normalized spacial score (nSPS) is 32.1. The molecule has 0 bridgehead atoms. The van der Waals surface area contributed by atoms with Gasteiger partial charge in [0, 0.05) is 38.3 Å². The molecule has 0 unspecified atom stereocenters. The highest BCUT2D eigenvalue weighted by atomic mass is 16.2. The third-order valence-electron chi connectivity index (χ3n) is 3.46. The van der Waals surface area contributed by atoms with E-state index in [1.54, 1.807) is 0 Å². The third kappa shape index (κ3) is 2.32. The van der Waals surface area contributed by atoms with E-state index in [0.29, 0.717) is 18.0 Å². The fraction of sp³-hybridized carbons (Fsp3) is 0.909. The molecule has 0 saturated carbocycles. The zero-order valence-corrected chi connectivity index (χ0v) is 9.86. The number of nitrogens with zero attached hydrogens (tertiary/aromatic N) is 2. The highest BCUT2D eigenvalue weighted by molar-refractivity contribution is 5.85. The fourth-order valence-corrected chi connectivity index (χ4v) is 2.17. The molecule has 2 aliphatic rings. The number of hydrogen-bond donors (Lipinski definition) is 1. The van der Waals surface area contributed by atoms with Crippen molar-refractivity contribution in [2.75, 3.05) is 26.2 Å². The molecule has 4 heteroatoms. The maximum absolute atomic E-state index is 11.9.